The van der Waals surface area contributed by atoms with Crippen LogP contribution in [0.25, 0.3) is 16.9 Å². The van der Waals surface area contributed by atoms with Crippen LogP contribution in [0.5, 0.6) is 0 Å². The molecule has 0 aliphatic rings. The Hall–Kier alpha value is -2.40. The van der Waals surface area contributed by atoms with Crippen LogP contribution in [0.4, 0.5) is 0 Å². The number of pyridine rings is 2. The Balaban J connectivity index is 2.36. The molecule has 1 N–H and O–H groups in total. The third kappa shape index (κ3) is 1.94. The number of aromatic nitrogens is 3. The molecule has 0 aliphatic carbocycles. The average Bonchev–Trinajstić information content (AvgIpc) is 2.78. The third-order valence-electron chi connectivity index (χ3n) is 2.74. The van der Waals surface area contributed by atoms with Gasteiger partial charge < -0.3 is 5.11 Å². The maximum Gasteiger partial charge on any atom is 0.355 e. The Kier molecular flexibility index (Phi) is 2.68. The SMILES string of the molecule is O=C(O)c1c(-c2ccncc2)nc2ccc(Cl)cn12. The molecule has 19 heavy (non-hydrogen) atoms. The molecule has 0 saturated carbocycles. The zero-order valence-corrected chi connectivity index (χ0v) is 10.4. The molecular weight excluding hydrogens is 266 g/mol. The van der Waals surface area contributed by atoms with Crippen molar-refractivity contribution in [3.05, 3.63) is 53.6 Å². The largest absolute Gasteiger partial charge is 0.476 e. The topological polar surface area (TPSA) is 67.5 Å². The van der Waals surface area contributed by atoms with E-state index < -0.39 is 5.97 Å². The summed E-state index contributed by atoms with van der Waals surface area (Å²) < 4.78 is 1.47. The van der Waals surface area contributed by atoms with Crippen LogP contribution in [-0.4, -0.2) is 25.4 Å². The lowest BCUT2D eigenvalue weighted by Crippen LogP contribution is -2.03. The first-order valence-electron chi connectivity index (χ1n) is 5.48. The van der Waals surface area contributed by atoms with Gasteiger partial charge in [-0.15, -0.1) is 0 Å². The number of imidazole rings is 1. The minimum Gasteiger partial charge on any atom is -0.476 e. The van der Waals surface area contributed by atoms with Gasteiger partial charge in [-0.05, 0) is 24.3 Å². The summed E-state index contributed by atoms with van der Waals surface area (Å²) in [7, 11) is 0. The third-order valence-corrected chi connectivity index (χ3v) is 2.96. The highest BCUT2D eigenvalue weighted by atomic mass is 35.5. The van der Waals surface area contributed by atoms with Gasteiger partial charge in [0.25, 0.3) is 0 Å². The first-order valence-corrected chi connectivity index (χ1v) is 5.86. The summed E-state index contributed by atoms with van der Waals surface area (Å²) in [5, 5.41) is 9.84. The van der Waals surface area contributed by atoms with Crippen molar-refractivity contribution in [2.24, 2.45) is 0 Å². The van der Waals surface area contributed by atoms with Crippen LogP contribution in [0.3, 0.4) is 0 Å². The molecule has 0 aromatic carbocycles. The summed E-state index contributed by atoms with van der Waals surface area (Å²) in [6, 6.07) is 6.79. The fourth-order valence-corrected chi connectivity index (χ4v) is 2.09. The Bertz CT molecular complexity index is 768. The van der Waals surface area contributed by atoms with Crippen molar-refractivity contribution in [2.75, 3.05) is 0 Å². The van der Waals surface area contributed by atoms with Crippen molar-refractivity contribution >= 4 is 23.2 Å². The number of halogens is 1. The number of carboxylic acid groups (broad SMARTS) is 1. The monoisotopic (exact) mass is 273 g/mol. The Morgan fingerprint density at radius 1 is 1.21 bits per heavy atom. The molecule has 0 bridgehead atoms. The lowest BCUT2D eigenvalue weighted by Gasteiger charge is -2.00. The normalized spacial score (nSPS) is 10.8. The van der Waals surface area contributed by atoms with Crippen molar-refractivity contribution in [3.8, 4) is 11.3 Å². The number of carbonyl (C=O) groups is 1. The predicted octanol–water partition coefficient (Wildman–Crippen LogP) is 2.75. The lowest BCUT2D eigenvalue weighted by atomic mass is 10.1. The number of aromatic carboxylic acids is 1. The van der Waals surface area contributed by atoms with Gasteiger partial charge in [-0.3, -0.25) is 9.38 Å². The molecular formula is C13H8ClN3O2. The highest BCUT2D eigenvalue weighted by Gasteiger charge is 2.19. The molecule has 94 valence electrons. The highest BCUT2D eigenvalue weighted by molar-refractivity contribution is 6.30. The van der Waals surface area contributed by atoms with Gasteiger partial charge in [0.1, 0.15) is 11.3 Å². The first kappa shape index (κ1) is 11.7. The van der Waals surface area contributed by atoms with Crippen LogP contribution in [0.1, 0.15) is 10.5 Å². The smallest absolute Gasteiger partial charge is 0.355 e. The molecule has 0 atom stereocenters. The van der Waals surface area contributed by atoms with Gasteiger partial charge in [0.15, 0.2) is 5.69 Å². The molecule has 3 aromatic rings. The quantitative estimate of drug-likeness (QED) is 0.779. The van der Waals surface area contributed by atoms with Crippen LogP contribution in [0.15, 0.2) is 42.9 Å². The van der Waals surface area contributed by atoms with Crippen LogP contribution in [-0.2, 0) is 0 Å². The van der Waals surface area contributed by atoms with Gasteiger partial charge in [-0.2, -0.15) is 0 Å². The minimum atomic E-state index is -1.05. The molecule has 0 aliphatic heterocycles. The Morgan fingerprint density at radius 3 is 2.63 bits per heavy atom. The second-order valence-corrected chi connectivity index (χ2v) is 4.36. The molecule has 0 spiro atoms. The molecule has 0 fully saturated rings. The zero-order valence-electron chi connectivity index (χ0n) is 9.62. The van der Waals surface area contributed by atoms with E-state index in [4.69, 9.17) is 11.6 Å². The van der Waals surface area contributed by atoms with E-state index in [9.17, 15) is 9.90 Å². The number of rotatable bonds is 2. The molecule has 0 unspecified atom stereocenters. The number of fused-ring (bicyclic) bond motifs is 1. The molecule has 3 rings (SSSR count). The van der Waals surface area contributed by atoms with Crippen molar-refractivity contribution in [1.29, 1.82) is 0 Å². The second-order valence-electron chi connectivity index (χ2n) is 3.93. The molecule has 0 radical (unpaired) electrons. The number of carboxylic acids is 1. The molecule has 3 heterocycles. The van der Waals surface area contributed by atoms with E-state index in [0.29, 0.717) is 21.9 Å². The van der Waals surface area contributed by atoms with E-state index in [-0.39, 0.29) is 5.69 Å². The molecule has 0 saturated heterocycles. The van der Waals surface area contributed by atoms with Crippen LogP contribution < -0.4 is 0 Å². The fourth-order valence-electron chi connectivity index (χ4n) is 1.93. The van der Waals surface area contributed by atoms with E-state index in [2.05, 4.69) is 9.97 Å². The van der Waals surface area contributed by atoms with E-state index in [1.54, 1.807) is 36.7 Å². The maximum atomic E-state index is 11.5. The summed E-state index contributed by atoms with van der Waals surface area (Å²) in [5.41, 5.74) is 1.72. The number of nitrogens with zero attached hydrogens (tertiary/aromatic N) is 3. The van der Waals surface area contributed by atoms with Gasteiger partial charge in [0.05, 0.1) is 5.02 Å². The van der Waals surface area contributed by atoms with Crippen LogP contribution >= 0.6 is 11.6 Å². The zero-order chi connectivity index (χ0) is 13.4. The maximum absolute atomic E-state index is 11.5. The van der Waals surface area contributed by atoms with E-state index >= 15 is 0 Å². The van der Waals surface area contributed by atoms with Crippen LogP contribution in [0.2, 0.25) is 5.02 Å². The molecule has 0 amide bonds. The summed E-state index contributed by atoms with van der Waals surface area (Å²) in [4.78, 5) is 19.7. The van der Waals surface area contributed by atoms with Gasteiger partial charge >= 0.3 is 5.97 Å². The number of hydrogen-bond donors (Lipinski definition) is 1. The average molecular weight is 274 g/mol. The van der Waals surface area contributed by atoms with Crippen molar-refractivity contribution < 1.29 is 9.90 Å². The molecule has 5 nitrogen and oxygen atoms in total. The van der Waals surface area contributed by atoms with Crippen LogP contribution in [0, 0.1) is 0 Å². The number of hydrogen-bond acceptors (Lipinski definition) is 3. The second kappa shape index (κ2) is 4.37. The van der Waals surface area contributed by atoms with Crippen molar-refractivity contribution in [1.82, 2.24) is 14.4 Å². The van der Waals surface area contributed by atoms with E-state index in [1.807, 2.05) is 0 Å². The van der Waals surface area contributed by atoms with E-state index in [0.717, 1.165) is 0 Å². The highest BCUT2D eigenvalue weighted by Crippen LogP contribution is 2.25. The Labute approximate surface area is 113 Å². The Morgan fingerprint density at radius 2 is 1.95 bits per heavy atom. The van der Waals surface area contributed by atoms with Gasteiger partial charge in [-0.25, -0.2) is 9.78 Å². The lowest BCUT2D eigenvalue weighted by molar-refractivity contribution is 0.0690. The summed E-state index contributed by atoms with van der Waals surface area (Å²) in [6.07, 6.45) is 4.73. The summed E-state index contributed by atoms with van der Waals surface area (Å²) in [5.74, 6) is -1.05. The van der Waals surface area contributed by atoms with Gasteiger partial charge in [0, 0.05) is 24.2 Å². The minimum absolute atomic E-state index is 0.0868. The first-order chi connectivity index (χ1) is 9.16. The summed E-state index contributed by atoms with van der Waals surface area (Å²) in [6.45, 7) is 0. The van der Waals surface area contributed by atoms with E-state index in [1.165, 1.54) is 10.6 Å². The van der Waals surface area contributed by atoms with Gasteiger partial charge in [0.2, 0.25) is 0 Å². The molecule has 3 aromatic heterocycles. The molecule has 6 heteroatoms. The predicted molar refractivity (Wildman–Crippen MR) is 70.4 cm³/mol. The fraction of sp³-hybridized carbons (Fsp3) is 0. The van der Waals surface area contributed by atoms with Crippen molar-refractivity contribution in [2.45, 2.75) is 0 Å². The van der Waals surface area contributed by atoms with Gasteiger partial charge in [-0.1, -0.05) is 11.6 Å². The summed E-state index contributed by atoms with van der Waals surface area (Å²) >= 11 is 5.90. The standard InChI is InChI=1S/C13H8ClN3O2/c14-9-1-2-10-16-11(8-3-5-15-6-4-8)12(13(18)19)17(10)7-9/h1-7H,(H,18,19). The van der Waals surface area contributed by atoms with Crippen molar-refractivity contribution in [3.63, 3.8) is 0 Å².